The molecule has 11 heavy (non-hydrogen) atoms. The van der Waals surface area contributed by atoms with Crippen LogP contribution in [0.15, 0.2) is 24.3 Å². The van der Waals surface area contributed by atoms with E-state index in [1.165, 1.54) is 0 Å². The molecule has 1 aliphatic heterocycles. The molecular weight excluding hydrogens is 158 g/mol. The van der Waals surface area contributed by atoms with Gasteiger partial charge in [-0.2, -0.15) is 0 Å². The number of fused-ring (bicyclic) bond motifs is 1. The third-order valence-corrected chi connectivity index (χ3v) is 1.74. The molecule has 1 heterocycles. The Hall–Kier alpha value is -1.09. The molecule has 1 aromatic carbocycles. The van der Waals surface area contributed by atoms with Gasteiger partial charge in [-0.1, -0.05) is 24.4 Å². The van der Waals surface area contributed by atoms with Gasteiger partial charge in [0, 0.05) is 0 Å². The molecule has 1 aromatic rings. The second-order valence-corrected chi connectivity index (χ2v) is 2.83. The molecule has 0 aliphatic carbocycles. The molecule has 2 nitrogen and oxygen atoms in total. The largest absolute Gasteiger partial charge is 0.484 e. The summed E-state index contributed by atoms with van der Waals surface area (Å²) in [6.07, 6.45) is 0. The Morgan fingerprint density at radius 3 is 3.09 bits per heavy atom. The van der Waals surface area contributed by atoms with Crippen LogP contribution >= 0.6 is 12.2 Å². The second kappa shape index (κ2) is 2.51. The van der Waals surface area contributed by atoms with Crippen molar-refractivity contribution in [2.45, 2.75) is 0 Å². The Labute approximate surface area is 70.2 Å². The fraction of sp³-hybridized carbons (Fsp3) is 0.125. The smallest absolute Gasteiger partial charge is 0.143 e. The Morgan fingerprint density at radius 2 is 2.18 bits per heavy atom. The van der Waals surface area contributed by atoms with Gasteiger partial charge >= 0.3 is 0 Å². The number of rotatable bonds is 0. The molecule has 0 fully saturated rings. The maximum absolute atomic E-state index is 5.33. The number of ether oxygens (including phenoxy) is 1. The fourth-order valence-corrected chi connectivity index (χ4v) is 1.19. The van der Waals surface area contributed by atoms with Crippen LogP contribution in [0.5, 0.6) is 5.75 Å². The molecule has 3 heteroatoms. The lowest BCUT2D eigenvalue weighted by molar-refractivity contribution is 0.375. The summed E-state index contributed by atoms with van der Waals surface area (Å²) in [5.74, 6) is 0.876. The minimum Gasteiger partial charge on any atom is -0.484 e. The van der Waals surface area contributed by atoms with Crippen molar-refractivity contribution in [3.63, 3.8) is 0 Å². The summed E-state index contributed by atoms with van der Waals surface area (Å²) in [5, 5.41) is 3.07. The van der Waals surface area contributed by atoms with Crippen LogP contribution in [0.2, 0.25) is 0 Å². The third kappa shape index (κ3) is 1.19. The van der Waals surface area contributed by atoms with Crippen molar-refractivity contribution in [1.82, 2.24) is 0 Å². The Balaban J connectivity index is 2.41. The van der Waals surface area contributed by atoms with Gasteiger partial charge in [0.05, 0.1) is 5.69 Å². The predicted molar refractivity (Wildman–Crippen MR) is 48.2 cm³/mol. The SMILES string of the molecule is S=C1COc2ccccc2N1. The lowest BCUT2D eigenvalue weighted by Crippen LogP contribution is -2.23. The number of para-hydroxylation sites is 2. The summed E-state index contributed by atoms with van der Waals surface area (Å²) in [6.45, 7) is 0.492. The summed E-state index contributed by atoms with van der Waals surface area (Å²) in [6, 6.07) is 7.75. The molecular formula is C8H7NOS. The number of anilines is 1. The van der Waals surface area contributed by atoms with Crippen molar-refractivity contribution in [2.24, 2.45) is 0 Å². The zero-order valence-electron chi connectivity index (χ0n) is 5.83. The van der Waals surface area contributed by atoms with Gasteiger partial charge in [-0.05, 0) is 12.1 Å². The normalized spacial score (nSPS) is 14.7. The first-order valence-corrected chi connectivity index (χ1v) is 3.79. The van der Waals surface area contributed by atoms with Gasteiger partial charge in [-0.15, -0.1) is 0 Å². The van der Waals surface area contributed by atoms with Gasteiger partial charge in [0.2, 0.25) is 0 Å². The van der Waals surface area contributed by atoms with Gasteiger partial charge in [0.25, 0.3) is 0 Å². The summed E-state index contributed by atoms with van der Waals surface area (Å²) in [7, 11) is 0. The zero-order chi connectivity index (χ0) is 7.68. The maximum Gasteiger partial charge on any atom is 0.143 e. The van der Waals surface area contributed by atoms with E-state index in [2.05, 4.69) is 5.32 Å². The number of nitrogens with one attached hydrogen (secondary N) is 1. The average molecular weight is 165 g/mol. The highest BCUT2D eigenvalue weighted by atomic mass is 32.1. The van der Waals surface area contributed by atoms with Crippen molar-refractivity contribution < 1.29 is 4.74 Å². The van der Waals surface area contributed by atoms with Crippen LogP contribution in [0, 0.1) is 0 Å². The van der Waals surface area contributed by atoms with E-state index in [9.17, 15) is 0 Å². The van der Waals surface area contributed by atoms with Gasteiger partial charge < -0.3 is 10.1 Å². The first-order chi connectivity index (χ1) is 5.36. The van der Waals surface area contributed by atoms with E-state index < -0.39 is 0 Å². The average Bonchev–Trinajstić information content (AvgIpc) is 2.04. The maximum atomic E-state index is 5.33. The summed E-state index contributed by atoms with van der Waals surface area (Å²) in [5.41, 5.74) is 0.962. The van der Waals surface area contributed by atoms with E-state index >= 15 is 0 Å². The predicted octanol–water partition coefficient (Wildman–Crippen LogP) is 1.82. The van der Waals surface area contributed by atoms with Gasteiger partial charge in [0.15, 0.2) is 0 Å². The van der Waals surface area contributed by atoms with Crippen LogP contribution in [0.1, 0.15) is 0 Å². The van der Waals surface area contributed by atoms with Crippen LogP contribution in [0.3, 0.4) is 0 Å². The fourth-order valence-electron chi connectivity index (χ4n) is 1.03. The topological polar surface area (TPSA) is 21.3 Å². The zero-order valence-corrected chi connectivity index (χ0v) is 6.65. The van der Waals surface area contributed by atoms with Gasteiger partial charge in [-0.3, -0.25) is 0 Å². The number of benzene rings is 1. The quantitative estimate of drug-likeness (QED) is 0.592. The molecule has 0 bridgehead atoms. The van der Waals surface area contributed by atoms with Crippen molar-refractivity contribution >= 4 is 22.9 Å². The number of hydrogen-bond donors (Lipinski definition) is 1. The van der Waals surface area contributed by atoms with Crippen LogP contribution in [0.25, 0.3) is 0 Å². The minimum absolute atomic E-state index is 0.492. The number of thiocarbonyl (C=S) groups is 1. The van der Waals surface area contributed by atoms with Gasteiger partial charge in [-0.25, -0.2) is 0 Å². The molecule has 0 unspecified atom stereocenters. The highest BCUT2D eigenvalue weighted by Crippen LogP contribution is 2.26. The van der Waals surface area contributed by atoms with Crippen LogP contribution in [-0.4, -0.2) is 11.6 Å². The molecule has 0 amide bonds. The third-order valence-electron chi connectivity index (χ3n) is 1.52. The monoisotopic (exact) mass is 165 g/mol. The molecule has 0 atom stereocenters. The Morgan fingerprint density at radius 1 is 1.36 bits per heavy atom. The van der Waals surface area contributed by atoms with E-state index in [-0.39, 0.29) is 0 Å². The molecule has 0 saturated carbocycles. The molecule has 0 radical (unpaired) electrons. The van der Waals surface area contributed by atoms with Crippen LogP contribution < -0.4 is 10.1 Å². The van der Waals surface area contributed by atoms with Crippen LogP contribution in [0.4, 0.5) is 5.69 Å². The molecule has 0 saturated heterocycles. The summed E-state index contributed by atoms with van der Waals surface area (Å²) in [4.78, 5) is 0.740. The lowest BCUT2D eigenvalue weighted by atomic mass is 10.2. The molecule has 0 spiro atoms. The van der Waals surface area contributed by atoms with Crippen molar-refractivity contribution in [3.05, 3.63) is 24.3 Å². The lowest BCUT2D eigenvalue weighted by Gasteiger charge is -2.18. The van der Waals surface area contributed by atoms with E-state index in [1.54, 1.807) is 0 Å². The van der Waals surface area contributed by atoms with E-state index in [4.69, 9.17) is 17.0 Å². The van der Waals surface area contributed by atoms with E-state index in [0.29, 0.717) is 6.61 Å². The summed E-state index contributed by atoms with van der Waals surface area (Å²) < 4.78 is 5.33. The number of hydrogen-bond acceptors (Lipinski definition) is 2. The van der Waals surface area contributed by atoms with E-state index in [0.717, 1.165) is 16.4 Å². The van der Waals surface area contributed by atoms with Crippen molar-refractivity contribution in [1.29, 1.82) is 0 Å². The Kier molecular flexibility index (Phi) is 1.51. The Bertz CT molecular complexity index is 298. The highest BCUT2D eigenvalue weighted by molar-refractivity contribution is 7.80. The second-order valence-electron chi connectivity index (χ2n) is 2.33. The first-order valence-electron chi connectivity index (χ1n) is 3.38. The van der Waals surface area contributed by atoms with Crippen LogP contribution in [-0.2, 0) is 0 Å². The molecule has 1 N–H and O–H groups in total. The van der Waals surface area contributed by atoms with Crippen molar-refractivity contribution in [3.8, 4) is 5.75 Å². The van der Waals surface area contributed by atoms with E-state index in [1.807, 2.05) is 24.3 Å². The molecule has 2 rings (SSSR count). The highest BCUT2D eigenvalue weighted by Gasteiger charge is 2.10. The van der Waals surface area contributed by atoms with Crippen molar-refractivity contribution in [2.75, 3.05) is 11.9 Å². The first kappa shape index (κ1) is 6.61. The molecule has 56 valence electrons. The molecule has 0 aromatic heterocycles. The minimum atomic E-state index is 0.492. The van der Waals surface area contributed by atoms with Gasteiger partial charge in [0.1, 0.15) is 17.3 Å². The standard InChI is InChI=1S/C8H7NOS/c11-8-5-10-7-4-2-1-3-6(7)9-8/h1-4H,5H2,(H,9,11). The molecule has 1 aliphatic rings. The summed E-state index contributed by atoms with van der Waals surface area (Å²) >= 11 is 4.95.